The van der Waals surface area contributed by atoms with E-state index in [9.17, 15) is 9.59 Å². The Bertz CT molecular complexity index is 619. The van der Waals surface area contributed by atoms with E-state index in [1.165, 1.54) is 11.0 Å². The van der Waals surface area contributed by atoms with Crippen LogP contribution in [0, 0.1) is 13.8 Å². The minimum Gasteiger partial charge on any atom is -0.454 e. The molecule has 0 saturated carbocycles. The summed E-state index contributed by atoms with van der Waals surface area (Å²) in [6, 6.07) is 5.70. The molecule has 110 valence electrons. The van der Waals surface area contributed by atoms with Gasteiger partial charge in [0.05, 0.1) is 0 Å². The zero-order valence-electron chi connectivity index (χ0n) is 11.7. The lowest BCUT2D eigenvalue weighted by molar-refractivity contribution is -0.148. The minimum atomic E-state index is -0.584. The van der Waals surface area contributed by atoms with Crippen LogP contribution in [0.3, 0.4) is 0 Å². The number of aryl methyl sites for hydroxylation is 2. The van der Waals surface area contributed by atoms with E-state index in [4.69, 9.17) is 4.74 Å². The number of carbonyl (C=O) groups is 2. The lowest BCUT2D eigenvalue weighted by atomic mass is 10.1. The van der Waals surface area contributed by atoms with Crippen LogP contribution in [-0.4, -0.2) is 38.7 Å². The number of hydrogen-bond acceptors (Lipinski definition) is 6. The minimum absolute atomic E-state index is 0.135. The zero-order valence-corrected chi connectivity index (χ0v) is 11.7. The van der Waals surface area contributed by atoms with Crippen LogP contribution in [0.15, 0.2) is 24.5 Å². The Morgan fingerprint density at radius 1 is 1.29 bits per heavy atom. The number of rotatable bonds is 5. The number of tetrazole rings is 1. The van der Waals surface area contributed by atoms with Crippen LogP contribution < -0.4 is 5.32 Å². The Morgan fingerprint density at radius 2 is 2.00 bits per heavy atom. The summed E-state index contributed by atoms with van der Waals surface area (Å²) in [6.45, 7) is 3.30. The number of nitrogens with zero attached hydrogens (tertiary/aromatic N) is 4. The summed E-state index contributed by atoms with van der Waals surface area (Å²) in [5.74, 6) is -0.976. The number of amides is 1. The highest BCUT2D eigenvalue weighted by atomic mass is 16.5. The molecule has 0 fully saturated rings. The molecule has 0 atom stereocenters. The van der Waals surface area contributed by atoms with Crippen molar-refractivity contribution >= 4 is 17.6 Å². The number of benzene rings is 1. The maximum Gasteiger partial charge on any atom is 0.328 e. The first-order valence-corrected chi connectivity index (χ1v) is 6.28. The number of para-hydroxylation sites is 1. The molecule has 8 nitrogen and oxygen atoms in total. The molecule has 21 heavy (non-hydrogen) atoms. The van der Waals surface area contributed by atoms with E-state index in [-0.39, 0.29) is 13.2 Å². The van der Waals surface area contributed by atoms with Crippen molar-refractivity contribution in [2.75, 3.05) is 11.9 Å². The van der Waals surface area contributed by atoms with Gasteiger partial charge < -0.3 is 10.1 Å². The molecule has 1 amide bonds. The fourth-order valence-electron chi connectivity index (χ4n) is 1.76. The molecular formula is C13H15N5O3. The van der Waals surface area contributed by atoms with Gasteiger partial charge in [-0.1, -0.05) is 18.2 Å². The number of hydrogen-bond donors (Lipinski definition) is 1. The van der Waals surface area contributed by atoms with Crippen molar-refractivity contribution in [2.24, 2.45) is 0 Å². The fourth-order valence-corrected chi connectivity index (χ4v) is 1.76. The van der Waals surface area contributed by atoms with Crippen molar-refractivity contribution in [2.45, 2.75) is 20.4 Å². The summed E-state index contributed by atoms with van der Waals surface area (Å²) in [6.07, 6.45) is 1.29. The number of aromatic nitrogens is 4. The van der Waals surface area contributed by atoms with E-state index in [1.54, 1.807) is 0 Å². The lowest BCUT2D eigenvalue weighted by Gasteiger charge is -2.11. The van der Waals surface area contributed by atoms with Crippen molar-refractivity contribution in [3.63, 3.8) is 0 Å². The molecule has 1 N–H and O–H groups in total. The number of nitrogens with one attached hydrogen (secondary N) is 1. The van der Waals surface area contributed by atoms with Gasteiger partial charge in [0.1, 0.15) is 12.9 Å². The van der Waals surface area contributed by atoms with Crippen LogP contribution in [0.5, 0.6) is 0 Å². The average molecular weight is 289 g/mol. The van der Waals surface area contributed by atoms with Crippen LogP contribution in [-0.2, 0) is 20.9 Å². The molecule has 0 aliphatic rings. The molecule has 8 heteroatoms. The predicted octanol–water partition coefficient (Wildman–Crippen LogP) is 0.472. The third kappa shape index (κ3) is 4.10. The maximum atomic E-state index is 11.8. The average Bonchev–Trinajstić information content (AvgIpc) is 2.94. The topological polar surface area (TPSA) is 99.0 Å². The molecule has 0 radical (unpaired) electrons. The molecule has 1 aromatic carbocycles. The summed E-state index contributed by atoms with van der Waals surface area (Å²) in [7, 11) is 0. The highest BCUT2D eigenvalue weighted by Gasteiger charge is 2.11. The first-order valence-electron chi connectivity index (χ1n) is 6.28. The molecule has 1 heterocycles. The highest BCUT2D eigenvalue weighted by molar-refractivity contribution is 5.94. The van der Waals surface area contributed by atoms with Crippen LogP contribution >= 0.6 is 0 Å². The number of carbonyl (C=O) groups excluding carboxylic acids is 2. The zero-order chi connectivity index (χ0) is 15.2. The van der Waals surface area contributed by atoms with Gasteiger partial charge in [-0.05, 0) is 35.4 Å². The normalized spacial score (nSPS) is 10.2. The van der Waals surface area contributed by atoms with Crippen LogP contribution in [0.1, 0.15) is 11.1 Å². The standard InChI is InChI=1S/C13H15N5O3/c1-9-4-3-5-10(2)13(9)15-11(19)7-21-12(20)6-18-8-14-16-17-18/h3-5,8H,6-7H2,1-2H3,(H,15,19). The molecular weight excluding hydrogens is 274 g/mol. The molecule has 1 aromatic heterocycles. The summed E-state index contributed by atoms with van der Waals surface area (Å²) in [5.41, 5.74) is 2.63. The van der Waals surface area contributed by atoms with Crippen molar-refractivity contribution in [3.05, 3.63) is 35.7 Å². The van der Waals surface area contributed by atoms with Gasteiger partial charge in [-0.25, -0.2) is 4.68 Å². The van der Waals surface area contributed by atoms with E-state index in [2.05, 4.69) is 20.8 Å². The first kappa shape index (κ1) is 14.6. The van der Waals surface area contributed by atoms with Gasteiger partial charge in [0, 0.05) is 5.69 Å². The highest BCUT2D eigenvalue weighted by Crippen LogP contribution is 2.19. The van der Waals surface area contributed by atoms with E-state index >= 15 is 0 Å². The molecule has 0 bridgehead atoms. The second-order valence-corrected chi connectivity index (χ2v) is 4.48. The van der Waals surface area contributed by atoms with Gasteiger partial charge in [-0.15, -0.1) is 5.10 Å². The maximum absolute atomic E-state index is 11.8. The molecule has 0 aliphatic heterocycles. The molecule has 0 saturated heterocycles. The van der Waals surface area contributed by atoms with Gasteiger partial charge in [0.2, 0.25) is 0 Å². The van der Waals surface area contributed by atoms with Gasteiger partial charge in [0.25, 0.3) is 5.91 Å². The second-order valence-electron chi connectivity index (χ2n) is 4.48. The molecule has 2 aromatic rings. The monoisotopic (exact) mass is 289 g/mol. The first-order chi connectivity index (χ1) is 10.1. The summed E-state index contributed by atoms with van der Waals surface area (Å²) in [4.78, 5) is 23.3. The largest absolute Gasteiger partial charge is 0.454 e. The van der Waals surface area contributed by atoms with Crippen molar-refractivity contribution in [3.8, 4) is 0 Å². The predicted molar refractivity (Wildman–Crippen MR) is 73.3 cm³/mol. The van der Waals surface area contributed by atoms with Gasteiger partial charge in [0.15, 0.2) is 6.61 Å². The Balaban J connectivity index is 1.83. The second kappa shape index (κ2) is 6.60. The van der Waals surface area contributed by atoms with Gasteiger partial charge in [-0.2, -0.15) is 0 Å². The van der Waals surface area contributed by atoms with Gasteiger partial charge >= 0.3 is 5.97 Å². The van der Waals surface area contributed by atoms with Crippen LogP contribution in [0.4, 0.5) is 5.69 Å². The van der Waals surface area contributed by atoms with E-state index in [0.29, 0.717) is 0 Å². The van der Waals surface area contributed by atoms with E-state index < -0.39 is 11.9 Å². The quantitative estimate of drug-likeness (QED) is 0.803. The third-order valence-corrected chi connectivity index (χ3v) is 2.79. The third-order valence-electron chi connectivity index (χ3n) is 2.79. The molecule has 2 rings (SSSR count). The van der Waals surface area contributed by atoms with Crippen molar-refractivity contribution < 1.29 is 14.3 Å². The van der Waals surface area contributed by atoms with E-state index in [1.807, 2.05) is 32.0 Å². The SMILES string of the molecule is Cc1cccc(C)c1NC(=O)COC(=O)Cn1cnnn1. The number of esters is 1. The van der Waals surface area contributed by atoms with Crippen molar-refractivity contribution in [1.29, 1.82) is 0 Å². The number of anilines is 1. The summed E-state index contributed by atoms with van der Waals surface area (Å²) in [5, 5.41) is 13.0. The van der Waals surface area contributed by atoms with Crippen LogP contribution in [0.25, 0.3) is 0 Å². The Labute approximate surface area is 121 Å². The Morgan fingerprint density at radius 3 is 2.62 bits per heavy atom. The molecule has 0 spiro atoms. The number of ether oxygens (including phenoxy) is 1. The molecule has 0 unspecified atom stereocenters. The smallest absolute Gasteiger partial charge is 0.328 e. The Kier molecular flexibility index (Phi) is 4.60. The Hall–Kier alpha value is -2.77. The lowest BCUT2D eigenvalue weighted by Crippen LogP contribution is -2.23. The summed E-state index contributed by atoms with van der Waals surface area (Å²) < 4.78 is 6.08. The molecule has 0 aliphatic carbocycles. The van der Waals surface area contributed by atoms with Crippen LogP contribution in [0.2, 0.25) is 0 Å². The van der Waals surface area contributed by atoms with E-state index in [0.717, 1.165) is 16.8 Å². The summed E-state index contributed by atoms with van der Waals surface area (Å²) >= 11 is 0. The fraction of sp³-hybridized carbons (Fsp3) is 0.308. The van der Waals surface area contributed by atoms with Gasteiger partial charge in [-0.3, -0.25) is 9.59 Å². The van der Waals surface area contributed by atoms with Crippen molar-refractivity contribution in [1.82, 2.24) is 20.2 Å².